The number of amides is 1. The molecule has 2 aliphatic rings. The van der Waals surface area contributed by atoms with Gasteiger partial charge >= 0.3 is 12.3 Å². The highest BCUT2D eigenvalue weighted by Gasteiger charge is 2.51. The summed E-state index contributed by atoms with van der Waals surface area (Å²) in [5.41, 5.74) is -0.323. The molecule has 188 valence electrons. The van der Waals surface area contributed by atoms with Crippen LogP contribution in [0.15, 0.2) is 30.9 Å². The fraction of sp³-hybridized carbons (Fsp3) is 0.458. The van der Waals surface area contributed by atoms with Crippen molar-refractivity contribution in [1.29, 1.82) is 5.26 Å². The average Bonchev–Trinajstić information content (AvgIpc) is 3.62. The Kier molecular flexibility index (Phi) is 5.73. The van der Waals surface area contributed by atoms with Gasteiger partial charge in [0.1, 0.15) is 18.0 Å². The summed E-state index contributed by atoms with van der Waals surface area (Å²) >= 11 is 0. The van der Waals surface area contributed by atoms with Crippen molar-refractivity contribution < 1.29 is 22.7 Å². The molecule has 12 heteroatoms. The van der Waals surface area contributed by atoms with Gasteiger partial charge in [0.15, 0.2) is 5.65 Å². The molecule has 1 saturated carbocycles. The molecule has 36 heavy (non-hydrogen) atoms. The molecule has 0 aromatic carbocycles. The van der Waals surface area contributed by atoms with E-state index in [2.05, 4.69) is 21.0 Å². The molecular formula is C24H24F3N7O2. The van der Waals surface area contributed by atoms with Gasteiger partial charge in [-0.05, 0) is 50.3 Å². The highest BCUT2D eigenvalue weighted by Crippen LogP contribution is 2.46. The Labute approximate surface area is 205 Å². The van der Waals surface area contributed by atoms with Crippen LogP contribution >= 0.6 is 0 Å². The zero-order chi connectivity index (χ0) is 25.7. The van der Waals surface area contributed by atoms with Gasteiger partial charge in [-0.2, -0.15) is 18.4 Å². The Morgan fingerprint density at radius 1 is 1.14 bits per heavy atom. The van der Waals surface area contributed by atoms with Crippen LogP contribution in [-0.2, 0) is 4.74 Å². The molecule has 1 aliphatic heterocycles. The molecule has 3 aromatic heterocycles. The number of alkyl halides is 3. The maximum atomic E-state index is 13.1. The van der Waals surface area contributed by atoms with Crippen LogP contribution < -0.4 is 4.90 Å². The van der Waals surface area contributed by atoms with E-state index in [-0.39, 0.29) is 13.1 Å². The molecule has 4 heterocycles. The number of carbonyl (C=O) groups excluding carboxylic acids is 1. The molecule has 0 unspecified atom stereocenters. The topological polar surface area (TPSA) is 100 Å². The van der Waals surface area contributed by atoms with Crippen molar-refractivity contribution in [2.45, 2.75) is 44.4 Å². The maximum Gasteiger partial charge on any atom is 0.427 e. The van der Waals surface area contributed by atoms with Gasteiger partial charge in [-0.1, -0.05) is 0 Å². The van der Waals surface area contributed by atoms with E-state index >= 15 is 0 Å². The van der Waals surface area contributed by atoms with E-state index in [9.17, 15) is 23.2 Å². The highest BCUT2D eigenvalue weighted by molar-refractivity contribution is 5.93. The number of anilines is 1. The molecule has 3 aromatic rings. The molecule has 0 radical (unpaired) electrons. The number of aromatic nitrogens is 4. The number of carbonyl (C=O) groups is 1. The van der Waals surface area contributed by atoms with Gasteiger partial charge in [0.25, 0.3) is 0 Å². The number of nitriles is 1. The number of hydrogen-bond donors (Lipinski definition) is 0. The summed E-state index contributed by atoms with van der Waals surface area (Å²) in [5.74, 6) is 1.66. The Bertz CT molecular complexity index is 1350. The van der Waals surface area contributed by atoms with Gasteiger partial charge in [0.05, 0.1) is 17.0 Å². The first-order chi connectivity index (χ1) is 17.1. The second kappa shape index (κ2) is 8.65. The van der Waals surface area contributed by atoms with E-state index in [0.29, 0.717) is 41.9 Å². The Hall–Kier alpha value is -3.88. The number of rotatable bonds is 4. The normalized spacial score (nSPS) is 16.8. The summed E-state index contributed by atoms with van der Waals surface area (Å²) < 4.78 is 46.0. The van der Waals surface area contributed by atoms with Gasteiger partial charge in [0, 0.05) is 38.6 Å². The van der Waals surface area contributed by atoms with Crippen molar-refractivity contribution in [3.8, 4) is 11.9 Å². The van der Waals surface area contributed by atoms with Crippen LogP contribution in [0, 0.1) is 11.3 Å². The molecule has 0 spiro atoms. The van der Waals surface area contributed by atoms with E-state index in [1.807, 2.05) is 15.7 Å². The van der Waals surface area contributed by atoms with Crippen LogP contribution in [0.2, 0.25) is 0 Å². The molecular weight excluding hydrogens is 475 g/mol. The molecule has 2 fully saturated rings. The monoisotopic (exact) mass is 499 g/mol. The average molecular weight is 499 g/mol. The predicted molar refractivity (Wildman–Crippen MR) is 124 cm³/mol. The fourth-order valence-corrected chi connectivity index (χ4v) is 4.25. The van der Waals surface area contributed by atoms with Gasteiger partial charge in [0.2, 0.25) is 5.60 Å². The van der Waals surface area contributed by atoms with Gasteiger partial charge in [-0.25, -0.2) is 19.7 Å². The predicted octanol–water partition coefficient (Wildman–Crippen LogP) is 4.16. The summed E-state index contributed by atoms with van der Waals surface area (Å²) in [6.07, 6.45) is 1.49. The minimum absolute atomic E-state index is 0.198. The number of pyridine rings is 1. The van der Waals surface area contributed by atoms with Gasteiger partial charge in [-0.15, -0.1) is 0 Å². The van der Waals surface area contributed by atoms with Gasteiger partial charge < -0.3 is 14.5 Å². The van der Waals surface area contributed by atoms with Crippen LogP contribution in [0.3, 0.4) is 0 Å². The van der Waals surface area contributed by atoms with Crippen LogP contribution in [-0.4, -0.2) is 68.5 Å². The van der Waals surface area contributed by atoms with Crippen molar-refractivity contribution in [1.82, 2.24) is 24.4 Å². The summed E-state index contributed by atoms with van der Waals surface area (Å²) in [4.78, 5) is 29.2. The number of ether oxygens (including phenoxy) is 1. The standard InChI is InChI=1S/C24H24F3N7O2/c1-23(2,24(25,26)27)36-22(35)33-9-7-32(8-10-33)20-19-17(16-3-4-16)13-34(21(19)31-14-30-20)18-11-15(12-28)5-6-29-18/h5-6,11,13-14,16H,3-4,7-10H2,1-2H3. The number of halogens is 3. The zero-order valence-electron chi connectivity index (χ0n) is 19.8. The van der Waals surface area contributed by atoms with Crippen molar-refractivity contribution in [2.24, 2.45) is 0 Å². The maximum absolute atomic E-state index is 13.1. The van der Waals surface area contributed by atoms with E-state index in [1.54, 1.807) is 18.3 Å². The first kappa shape index (κ1) is 23.8. The molecule has 0 bridgehead atoms. The fourth-order valence-electron chi connectivity index (χ4n) is 4.25. The Morgan fingerprint density at radius 2 is 1.86 bits per heavy atom. The molecule has 1 aliphatic carbocycles. The van der Waals surface area contributed by atoms with Crippen molar-refractivity contribution in [2.75, 3.05) is 31.1 Å². The number of hydrogen-bond acceptors (Lipinski definition) is 7. The smallest absolute Gasteiger partial charge is 0.427 e. The number of nitrogens with zero attached hydrogens (tertiary/aromatic N) is 7. The van der Waals surface area contributed by atoms with Crippen LogP contribution in [0.1, 0.15) is 43.7 Å². The molecule has 9 nitrogen and oxygen atoms in total. The van der Waals surface area contributed by atoms with E-state index in [1.165, 1.54) is 11.2 Å². The third-order valence-corrected chi connectivity index (χ3v) is 6.59. The lowest BCUT2D eigenvalue weighted by molar-refractivity contribution is -0.246. The molecule has 1 amide bonds. The number of piperazine rings is 1. The van der Waals surface area contributed by atoms with Crippen LogP contribution in [0.4, 0.5) is 23.8 Å². The third kappa shape index (κ3) is 4.29. The highest BCUT2D eigenvalue weighted by atomic mass is 19.4. The summed E-state index contributed by atoms with van der Waals surface area (Å²) in [7, 11) is 0. The Morgan fingerprint density at radius 3 is 2.50 bits per heavy atom. The van der Waals surface area contributed by atoms with E-state index in [4.69, 9.17) is 4.74 Å². The van der Waals surface area contributed by atoms with Crippen LogP contribution in [0.25, 0.3) is 16.9 Å². The SMILES string of the molecule is CC(C)(OC(=O)N1CCN(c2ncnc3c2c(C2CC2)cn3-c2cc(C#N)ccn2)CC1)C(F)(F)F. The van der Waals surface area contributed by atoms with E-state index in [0.717, 1.165) is 37.6 Å². The quantitative estimate of drug-likeness (QED) is 0.531. The van der Waals surface area contributed by atoms with Crippen molar-refractivity contribution >= 4 is 22.9 Å². The molecule has 0 N–H and O–H groups in total. The van der Waals surface area contributed by atoms with Crippen molar-refractivity contribution in [3.63, 3.8) is 0 Å². The zero-order valence-corrected chi connectivity index (χ0v) is 19.8. The second-order valence-electron chi connectivity index (χ2n) is 9.49. The summed E-state index contributed by atoms with van der Waals surface area (Å²) in [6, 6.07) is 5.46. The minimum atomic E-state index is -4.66. The first-order valence-electron chi connectivity index (χ1n) is 11.6. The Balaban J connectivity index is 1.41. The lowest BCUT2D eigenvalue weighted by Gasteiger charge is -2.37. The van der Waals surface area contributed by atoms with Crippen LogP contribution in [0.5, 0.6) is 0 Å². The third-order valence-electron chi connectivity index (χ3n) is 6.59. The number of fused-ring (bicyclic) bond motifs is 1. The molecule has 5 rings (SSSR count). The minimum Gasteiger partial charge on any atom is -0.434 e. The lowest BCUT2D eigenvalue weighted by Crippen LogP contribution is -2.52. The largest absolute Gasteiger partial charge is 0.434 e. The summed E-state index contributed by atoms with van der Waals surface area (Å²) in [6.45, 7) is 2.83. The van der Waals surface area contributed by atoms with Crippen molar-refractivity contribution in [3.05, 3.63) is 42.0 Å². The second-order valence-corrected chi connectivity index (χ2v) is 9.49. The summed E-state index contributed by atoms with van der Waals surface area (Å²) in [5, 5.41) is 10.2. The molecule has 0 atom stereocenters. The van der Waals surface area contributed by atoms with E-state index < -0.39 is 17.9 Å². The lowest BCUT2D eigenvalue weighted by atomic mass is 10.1. The van der Waals surface area contributed by atoms with Gasteiger partial charge in [-0.3, -0.25) is 4.57 Å². The molecule has 1 saturated heterocycles. The first-order valence-corrected chi connectivity index (χ1v) is 11.6.